The van der Waals surface area contributed by atoms with Crippen molar-refractivity contribution in [2.24, 2.45) is 0 Å². The van der Waals surface area contributed by atoms with Crippen molar-refractivity contribution < 1.29 is 4.79 Å². The molecule has 3 rings (SSSR count). The van der Waals surface area contributed by atoms with Crippen molar-refractivity contribution in [2.75, 3.05) is 11.1 Å². The maximum atomic E-state index is 12.0. The van der Waals surface area contributed by atoms with Crippen molar-refractivity contribution in [2.45, 2.75) is 44.3 Å². The number of carbonyl (C=O) groups is 1. The lowest BCUT2D eigenvalue weighted by molar-refractivity contribution is -0.116. The maximum Gasteiger partial charge on any atom is 0.227 e. The molecule has 1 aliphatic carbocycles. The molecule has 0 aromatic carbocycles. The molecule has 1 aromatic rings. The number of fused-ring (bicyclic) bond motifs is 1. The average Bonchev–Trinajstić information content (AvgIpc) is 2.72. The molecule has 1 unspecified atom stereocenters. The molecule has 0 saturated heterocycles. The highest BCUT2D eigenvalue weighted by Crippen LogP contribution is 2.36. The fourth-order valence-electron chi connectivity index (χ4n) is 2.58. The van der Waals surface area contributed by atoms with Gasteiger partial charge in [-0.3, -0.25) is 4.79 Å². The summed E-state index contributed by atoms with van der Waals surface area (Å²) in [5.41, 5.74) is 1.94. The van der Waals surface area contributed by atoms with Crippen LogP contribution >= 0.6 is 11.8 Å². The number of rotatable bonds is 2. The Labute approximate surface area is 110 Å². The SMILES string of the molecule is CCSc1nc2n(n1)C(C)C1=C(CCCC1=O)N2. The molecule has 1 atom stereocenters. The van der Waals surface area contributed by atoms with Gasteiger partial charge in [0.1, 0.15) is 0 Å². The summed E-state index contributed by atoms with van der Waals surface area (Å²) in [6.45, 7) is 4.10. The Morgan fingerprint density at radius 2 is 2.33 bits per heavy atom. The number of anilines is 1. The topological polar surface area (TPSA) is 59.8 Å². The van der Waals surface area contributed by atoms with Gasteiger partial charge in [-0.25, -0.2) is 4.68 Å². The molecule has 5 nitrogen and oxygen atoms in total. The van der Waals surface area contributed by atoms with E-state index in [0.717, 1.165) is 41.0 Å². The van der Waals surface area contributed by atoms with Gasteiger partial charge in [0, 0.05) is 17.7 Å². The monoisotopic (exact) mass is 264 g/mol. The number of ketones is 1. The predicted octanol–water partition coefficient (Wildman–Crippen LogP) is 2.38. The van der Waals surface area contributed by atoms with Crippen molar-refractivity contribution in [3.05, 3.63) is 11.3 Å². The van der Waals surface area contributed by atoms with Crippen LogP contribution < -0.4 is 5.32 Å². The Morgan fingerprint density at radius 1 is 1.50 bits per heavy atom. The van der Waals surface area contributed by atoms with Gasteiger partial charge in [-0.1, -0.05) is 18.7 Å². The van der Waals surface area contributed by atoms with Crippen LogP contribution in [0, 0.1) is 0 Å². The predicted molar refractivity (Wildman–Crippen MR) is 70.6 cm³/mol. The summed E-state index contributed by atoms with van der Waals surface area (Å²) in [6, 6.07) is 0.00255. The van der Waals surface area contributed by atoms with Crippen LogP contribution in [0.1, 0.15) is 39.2 Å². The van der Waals surface area contributed by atoms with Gasteiger partial charge in [-0.15, -0.1) is 5.10 Å². The van der Waals surface area contributed by atoms with E-state index < -0.39 is 0 Å². The lowest BCUT2D eigenvalue weighted by Gasteiger charge is -2.29. The zero-order valence-corrected chi connectivity index (χ0v) is 11.4. The van der Waals surface area contributed by atoms with E-state index in [1.165, 1.54) is 0 Å². The van der Waals surface area contributed by atoms with Crippen LogP contribution in [0.5, 0.6) is 0 Å². The summed E-state index contributed by atoms with van der Waals surface area (Å²) >= 11 is 1.62. The number of hydrogen-bond donors (Lipinski definition) is 1. The van der Waals surface area contributed by atoms with E-state index in [0.29, 0.717) is 6.42 Å². The van der Waals surface area contributed by atoms with Crippen LogP contribution in [-0.4, -0.2) is 26.3 Å². The van der Waals surface area contributed by atoms with Crippen LogP contribution in [0.25, 0.3) is 0 Å². The third-order valence-electron chi connectivity index (χ3n) is 3.39. The van der Waals surface area contributed by atoms with E-state index in [1.807, 2.05) is 11.6 Å². The number of Topliss-reactive ketones (excluding diaryl/α,β-unsaturated/α-hetero) is 1. The van der Waals surface area contributed by atoms with Crippen LogP contribution in [0.15, 0.2) is 16.4 Å². The van der Waals surface area contributed by atoms with Crippen molar-refractivity contribution in [1.82, 2.24) is 14.8 Å². The highest BCUT2D eigenvalue weighted by Gasteiger charge is 2.32. The molecule has 0 fully saturated rings. The standard InChI is InChI=1S/C12H16N4OS/c1-3-18-12-14-11-13-8-5-4-6-9(17)10(8)7(2)16(11)15-12/h7H,3-6H2,1-2H3,(H,13,14,15). The quantitative estimate of drug-likeness (QED) is 0.831. The number of nitrogens with one attached hydrogen (secondary N) is 1. The molecule has 1 N–H and O–H groups in total. The first-order valence-electron chi connectivity index (χ1n) is 6.33. The van der Waals surface area contributed by atoms with Crippen molar-refractivity contribution in [3.63, 3.8) is 0 Å². The highest BCUT2D eigenvalue weighted by atomic mass is 32.2. The molecule has 6 heteroatoms. The average molecular weight is 264 g/mol. The van der Waals surface area contributed by atoms with E-state index >= 15 is 0 Å². The van der Waals surface area contributed by atoms with E-state index in [-0.39, 0.29) is 11.8 Å². The fourth-order valence-corrected chi connectivity index (χ4v) is 3.14. The van der Waals surface area contributed by atoms with E-state index in [9.17, 15) is 4.79 Å². The first kappa shape index (κ1) is 11.8. The molecule has 2 aliphatic rings. The molecule has 1 aliphatic heterocycles. The molecule has 1 aromatic heterocycles. The third-order valence-corrected chi connectivity index (χ3v) is 4.11. The lowest BCUT2D eigenvalue weighted by Crippen LogP contribution is -2.29. The number of aromatic nitrogens is 3. The Hall–Kier alpha value is -1.30. The molecule has 18 heavy (non-hydrogen) atoms. The zero-order chi connectivity index (χ0) is 12.7. The van der Waals surface area contributed by atoms with Gasteiger partial charge in [-0.2, -0.15) is 4.98 Å². The first-order valence-corrected chi connectivity index (χ1v) is 7.32. The minimum atomic E-state index is 0.00255. The molecule has 96 valence electrons. The molecule has 0 spiro atoms. The maximum absolute atomic E-state index is 12.0. The normalized spacial score (nSPS) is 22.6. The number of carbonyl (C=O) groups excluding carboxylic acids is 1. The zero-order valence-electron chi connectivity index (χ0n) is 10.6. The van der Waals surface area contributed by atoms with E-state index in [2.05, 4.69) is 22.3 Å². The Kier molecular flexibility index (Phi) is 2.89. The summed E-state index contributed by atoms with van der Waals surface area (Å²) in [6.07, 6.45) is 2.53. The van der Waals surface area contributed by atoms with Crippen LogP contribution in [0.4, 0.5) is 5.95 Å². The summed E-state index contributed by atoms with van der Waals surface area (Å²) in [5.74, 6) is 1.97. The van der Waals surface area contributed by atoms with Crippen molar-refractivity contribution in [1.29, 1.82) is 0 Å². The molecule has 0 radical (unpaired) electrons. The van der Waals surface area contributed by atoms with Gasteiger partial charge >= 0.3 is 0 Å². The Balaban J connectivity index is 1.99. The van der Waals surface area contributed by atoms with Crippen LogP contribution in [0.2, 0.25) is 0 Å². The van der Waals surface area contributed by atoms with Gasteiger partial charge in [0.15, 0.2) is 5.78 Å². The number of allylic oxidation sites excluding steroid dienone is 2. The lowest BCUT2D eigenvalue weighted by atomic mass is 9.89. The number of thioether (sulfide) groups is 1. The molecule has 2 heterocycles. The van der Waals surface area contributed by atoms with Gasteiger partial charge in [0.2, 0.25) is 11.1 Å². The Morgan fingerprint density at radius 3 is 3.11 bits per heavy atom. The summed E-state index contributed by atoms with van der Waals surface area (Å²) in [5, 5.41) is 8.52. The number of hydrogen-bond acceptors (Lipinski definition) is 5. The van der Waals surface area contributed by atoms with Crippen molar-refractivity contribution in [3.8, 4) is 0 Å². The third kappa shape index (κ3) is 1.75. The van der Waals surface area contributed by atoms with Crippen LogP contribution in [-0.2, 0) is 4.79 Å². The Bertz CT molecular complexity index is 534. The largest absolute Gasteiger partial charge is 0.328 e. The second-order valence-corrected chi connectivity index (χ2v) is 5.80. The fraction of sp³-hybridized carbons (Fsp3) is 0.583. The second-order valence-electron chi connectivity index (χ2n) is 4.57. The summed E-state index contributed by atoms with van der Waals surface area (Å²) in [7, 11) is 0. The van der Waals surface area contributed by atoms with Crippen LogP contribution in [0.3, 0.4) is 0 Å². The minimum absolute atomic E-state index is 0.00255. The second kappa shape index (κ2) is 4.42. The number of nitrogens with zero attached hydrogens (tertiary/aromatic N) is 3. The van der Waals surface area contributed by atoms with Gasteiger partial charge in [-0.05, 0) is 25.5 Å². The van der Waals surface area contributed by atoms with Gasteiger partial charge < -0.3 is 5.32 Å². The van der Waals surface area contributed by atoms with E-state index in [1.54, 1.807) is 11.8 Å². The molecule has 0 saturated carbocycles. The van der Waals surface area contributed by atoms with E-state index in [4.69, 9.17) is 0 Å². The van der Waals surface area contributed by atoms with Gasteiger partial charge in [0.25, 0.3) is 0 Å². The van der Waals surface area contributed by atoms with Crippen molar-refractivity contribution >= 4 is 23.5 Å². The summed E-state index contributed by atoms with van der Waals surface area (Å²) < 4.78 is 1.83. The molecular formula is C12H16N4OS. The molecular weight excluding hydrogens is 248 g/mol. The van der Waals surface area contributed by atoms with Gasteiger partial charge in [0.05, 0.1) is 6.04 Å². The molecule has 0 bridgehead atoms. The highest BCUT2D eigenvalue weighted by molar-refractivity contribution is 7.99. The smallest absolute Gasteiger partial charge is 0.227 e. The molecule has 0 amide bonds. The summed E-state index contributed by atoms with van der Waals surface area (Å²) in [4.78, 5) is 16.5. The first-order chi connectivity index (χ1) is 8.70. The minimum Gasteiger partial charge on any atom is -0.328 e.